The summed E-state index contributed by atoms with van der Waals surface area (Å²) in [4.78, 5) is 48.6. The van der Waals surface area contributed by atoms with Crippen molar-refractivity contribution in [2.24, 2.45) is 5.41 Å². The SMILES string of the molecule is CCn1c(-c2cc(N3CCN(C4CC4)CC3)cnc2[C@H](C)OC)c(CC(C)(C)CO)c2cc([C@@H]3C[C@H]3OC[C@H](NC(=O)OC(C)(C)C)C(=O)N3CCC[C@@H](C(=O)O)N3)ccc21. The number of aliphatic hydroxyl groups is 1. The summed E-state index contributed by atoms with van der Waals surface area (Å²) in [5.41, 5.74) is 9.08. The number of ether oxygens (including phenoxy) is 3. The maximum atomic E-state index is 13.8. The molecule has 2 aliphatic heterocycles. The topological polar surface area (TPSA) is 171 Å². The van der Waals surface area contributed by atoms with E-state index in [1.807, 2.05) is 13.1 Å². The summed E-state index contributed by atoms with van der Waals surface area (Å²) in [5, 5.41) is 25.3. The lowest BCUT2D eigenvalue weighted by atomic mass is 9.84. The second-order valence-electron chi connectivity index (χ2n) is 19.2. The first kappa shape index (κ1) is 44.8. The second kappa shape index (κ2) is 18.2. The molecule has 4 aliphatic rings. The molecular formula is C46H67N7O8. The highest BCUT2D eigenvalue weighted by Crippen LogP contribution is 2.47. The number of carboxylic acids is 1. The van der Waals surface area contributed by atoms with Gasteiger partial charge in [0.05, 0.1) is 42.1 Å². The smallest absolute Gasteiger partial charge is 0.408 e. The normalized spacial score (nSPS) is 22.3. The van der Waals surface area contributed by atoms with Crippen molar-refractivity contribution >= 4 is 34.6 Å². The third-order valence-electron chi connectivity index (χ3n) is 12.6. The first-order valence-corrected chi connectivity index (χ1v) is 22.2. The Labute approximate surface area is 360 Å². The molecular weight excluding hydrogens is 779 g/mol. The molecule has 0 bridgehead atoms. The number of piperazine rings is 1. The van der Waals surface area contributed by atoms with Crippen molar-refractivity contribution in [2.45, 2.75) is 135 Å². The summed E-state index contributed by atoms with van der Waals surface area (Å²) >= 11 is 0. The van der Waals surface area contributed by atoms with Crippen LogP contribution in [0, 0.1) is 5.41 Å². The number of aliphatic hydroxyl groups excluding tert-OH is 1. The van der Waals surface area contributed by atoms with Gasteiger partial charge in [-0.3, -0.25) is 24.5 Å². The van der Waals surface area contributed by atoms with Crippen LogP contribution in [0.4, 0.5) is 10.5 Å². The first-order valence-electron chi connectivity index (χ1n) is 22.2. The number of carbonyl (C=O) groups excluding carboxylic acids is 2. The van der Waals surface area contributed by atoms with Crippen molar-refractivity contribution in [3.05, 3.63) is 47.3 Å². The largest absolute Gasteiger partial charge is 0.480 e. The van der Waals surface area contributed by atoms with Crippen LogP contribution >= 0.6 is 0 Å². The lowest BCUT2D eigenvalue weighted by Crippen LogP contribution is -2.61. The molecule has 61 heavy (non-hydrogen) atoms. The highest BCUT2D eigenvalue weighted by Gasteiger charge is 2.42. The van der Waals surface area contributed by atoms with Crippen LogP contribution in [0.2, 0.25) is 0 Å². The van der Waals surface area contributed by atoms with E-state index in [2.05, 4.69) is 70.1 Å². The molecule has 2 aromatic heterocycles. The van der Waals surface area contributed by atoms with Gasteiger partial charge >= 0.3 is 12.1 Å². The van der Waals surface area contributed by atoms with Gasteiger partial charge < -0.3 is 39.2 Å². The number of aliphatic carboxylic acids is 1. The van der Waals surface area contributed by atoms with E-state index < -0.39 is 41.1 Å². The fraction of sp³-hybridized carbons (Fsp3) is 0.652. The van der Waals surface area contributed by atoms with E-state index in [4.69, 9.17) is 19.2 Å². The molecule has 1 aromatic carbocycles. The molecule has 0 radical (unpaired) electrons. The second-order valence-corrected chi connectivity index (χ2v) is 19.2. The molecule has 0 unspecified atom stereocenters. The predicted octanol–water partition coefficient (Wildman–Crippen LogP) is 5.62. The van der Waals surface area contributed by atoms with Gasteiger partial charge in [-0.1, -0.05) is 19.9 Å². The molecule has 3 aromatic rings. The van der Waals surface area contributed by atoms with Gasteiger partial charge in [-0.2, -0.15) is 0 Å². The van der Waals surface area contributed by atoms with E-state index in [0.717, 1.165) is 89.9 Å². The molecule has 2 saturated carbocycles. The lowest BCUT2D eigenvalue weighted by Gasteiger charge is -2.36. The van der Waals surface area contributed by atoms with Crippen molar-refractivity contribution < 1.29 is 38.8 Å². The first-order chi connectivity index (χ1) is 29.0. The van der Waals surface area contributed by atoms with Crippen molar-refractivity contribution in [1.29, 1.82) is 0 Å². The Balaban J connectivity index is 1.18. The molecule has 334 valence electrons. The summed E-state index contributed by atoms with van der Waals surface area (Å²) in [5.74, 6) is -1.47. The van der Waals surface area contributed by atoms with Crippen LogP contribution in [0.15, 0.2) is 30.5 Å². The molecule has 2 saturated heterocycles. The number of aryl methyl sites for hydroxylation is 1. The maximum Gasteiger partial charge on any atom is 0.408 e. The van der Waals surface area contributed by atoms with Crippen LogP contribution in [0.25, 0.3) is 22.2 Å². The number of nitrogens with zero attached hydrogens (tertiary/aromatic N) is 5. The Kier molecular flexibility index (Phi) is 13.4. The minimum Gasteiger partial charge on any atom is -0.480 e. The average Bonchev–Trinajstić information content (AvgIpc) is 4.18. The van der Waals surface area contributed by atoms with Crippen LogP contribution in [-0.2, 0) is 36.8 Å². The van der Waals surface area contributed by atoms with Crippen LogP contribution in [0.3, 0.4) is 0 Å². The lowest BCUT2D eigenvalue weighted by molar-refractivity contribution is -0.148. The van der Waals surface area contributed by atoms with Gasteiger partial charge in [0.1, 0.15) is 17.7 Å². The molecule has 0 spiro atoms. The Morgan fingerprint density at radius 3 is 2.41 bits per heavy atom. The molecule has 4 N–H and O–H groups in total. The number of methoxy groups -OCH3 is 1. The van der Waals surface area contributed by atoms with Gasteiger partial charge in [0.2, 0.25) is 0 Å². The van der Waals surface area contributed by atoms with Gasteiger partial charge in [-0.05, 0) is 108 Å². The summed E-state index contributed by atoms with van der Waals surface area (Å²) in [6, 6.07) is 7.67. The Bertz CT molecular complexity index is 2070. The van der Waals surface area contributed by atoms with E-state index in [0.29, 0.717) is 25.8 Å². The van der Waals surface area contributed by atoms with E-state index in [-0.39, 0.29) is 31.3 Å². The van der Waals surface area contributed by atoms with Gasteiger partial charge in [-0.25, -0.2) is 10.2 Å². The quantitative estimate of drug-likeness (QED) is 0.141. The minimum absolute atomic E-state index is 0.0233. The van der Waals surface area contributed by atoms with Gasteiger partial charge in [-0.15, -0.1) is 0 Å². The molecule has 5 atom stereocenters. The molecule has 7 rings (SSSR count). The molecule has 2 amide bonds. The average molecular weight is 846 g/mol. The van der Waals surface area contributed by atoms with Crippen LogP contribution < -0.4 is 15.6 Å². The van der Waals surface area contributed by atoms with Gasteiger partial charge in [0.15, 0.2) is 0 Å². The molecule has 4 heterocycles. The van der Waals surface area contributed by atoms with Crippen molar-refractivity contribution in [2.75, 3.05) is 57.9 Å². The third kappa shape index (κ3) is 10.3. The zero-order chi connectivity index (χ0) is 43.8. The number of alkyl carbamates (subject to hydrolysis) is 1. The number of benzene rings is 1. The summed E-state index contributed by atoms with van der Waals surface area (Å²) in [7, 11) is 1.72. The number of hydrogen-bond acceptors (Lipinski definition) is 11. The molecule has 2 aliphatic carbocycles. The monoisotopic (exact) mass is 846 g/mol. The van der Waals surface area contributed by atoms with Crippen molar-refractivity contribution in [3.63, 3.8) is 0 Å². The number of hydrazine groups is 1. The standard InChI is InChI=1S/C46H67N7O8/c1-9-52-38-15-12-29(32-23-39(32)60-26-37(48-44(58)61-45(3,4)5)42(55)53-16-10-11-36(49-53)43(56)57)21-33(38)35(24-46(6,7)27-54)41(52)34-22-31(25-47-40(34)28(2)59-8)51-19-17-50(18-20-51)30-13-14-30/h12,15,21-22,25,28,30,32,36-37,39,49,54H,9-11,13-14,16-20,23-24,26-27H2,1-8H3,(H,48,58)(H,56,57)/t28-,32-,36-,37-,39+/m0/s1. The minimum atomic E-state index is -1.10. The number of aromatic nitrogens is 2. The Hall–Kier alpha value is -4.28. The number of amides is 2. The number of hydrogen-bond donors (Lipinski definition) is 4. The number of fused-ring (bicyclic) bond motifs is 1. The van der Waals surface area contributed by atoms with Gasteiger partial charge in [0, 0.05) is 81.4 Å². The maximum absolute atomic E-state index is 13.8. The zero-order valence-electron chi connectivity index (χ0n) is 37.3. The third-order valence-corrected chi connectivity index (χ3v) is 12.6. The van der Waals surface area contributed by atoms with Crippen molar-refractivity contribution in [3.8, 4) is 11.3 Å². The zero-order valence-corrected chi connectivity index (χ0v) is 37.3. The van der Waals surface area contributed by atoms with Crippen LogP contribution in [0.1, 0.15) is 109 Å². The summed E-state index contributed by atoms with van der Waals surface area (Å²) in [6.45, 7) is 18.6. The highest BCUT2D eigenvalue weighted by atomic mass is 16.6. The van der Waals surface area contributed by atoms with Crippen molar-refractivity contribution in [1.82, 2.24) is 30.2 Å². The predicted molar refractivity (Wildman–Crippen MR) is 233 cm³/mol. The Morgan fingerprint density at radius 2 is 1.77 bits per heavy atom. The Morgan fingerprint density at radius 1 is 1.03 bits per heavy atom. The van der Waals surface area contributed by atoms with E-state index in [1.54, 1.807) is 27.9 Å². The molecule has 4 fully saturated rings. The van der Waals surface area contributed by atoms with Crippen LogP contribution in [0.5, 0.6) is 0 Å². The molecule has 15 heteroatoms. The fourth-order valence-corrected chi connectivity index (χ4v) is 8.93. The van der Waals surface area contributed by atoms with Gasteiger partial charge in [0.25, 0.3) is 5.91 Å². The highest BCUT2D eigenvalue weighted by molar-refractivity contribution is 5.93. The number of carboxylic acid groups (broad SMARTS) is 1. The number of anilines is 1. The summed E-state index contributed by atoms with van der Waals surface area (Å²) in [6.07, 6.45) is 5.68. The van der Waals surface area contributed by atoms with E-state index in [1.165, 1.54) is 17.9 Å². The number of rotatable bonds is 16. The number of carbonyl (C=O) groups is 3. The molecule has 15 nitrogen and oxygen atoms in total. The van der Waals surface area contributed by atoms with E-state index >= 15 is 0 Å². The van der Waals surface area contributed by atoms with Crippen LogP contribution in [-0.4, -0.2) is 131 Å². The number of nitrogens with one attached hydrogen (secondary N) is 2. The van der Waals surface area contributed by atoms with E-state index in [9.17, 15) is 24.6 Å². The number of pyridine rings is 1. The summed E-state index contributed by atoms with van der Waals surface area (Å²) < 4.78 is 20.2. The fourth-order valence-electron chi connectivity index (χ4n) is 8.93.